The summed E-state index contributed by atoms with van der Waals surface area (Å²) in [5.41, 5.74) is 5.55. The largest absolute Gasteiger partial charge is 0.352 e. The van der Waals surface area contributed by atoms with Crippen LogP contribution in [0.15, 0.2) is 0 Å². The van der Waals surface area contributed by atoms with Crippen molar-refractivity contribution >= 4 is 18.3 Å². The van der Waals surface area contributed by atoms with E-state index in [9.17, 15) is 4.79 Å². The van der Waals surface area contributed by atoms with Crippen LogP contribution in [0, 0.1) is 11.8 Å². The standard InChI is InChI=1S/C13H26N2O.ClH/c1-9(12-7-5-4-6-8-12)11(3)15-13(16)10(2)14;/h9-12H,4-8,14H2,1-3H3,(H,15,16);1H/t9?,10-,11?;/m1./s1. The van der Waals surface area contributed by atoms with Crippen LogP contribution in [0.2, 0.25) is 0 Å². The van der Waals surface area contributed by atoms with Gasteiger partial charge in [-0.25, -0.2) is 0 Å². The van der Waals surface area contributed by atoms with Crippen molar-refractivity contribution in [3.8, 4) is 0 Å². The number of carbonyl (C=O) groups is 1. The fourth-order valence-electron chi connectivity index (χ4n) is 2.56. The molecular weight excluding hydrogens is 236 g/mol. The second kappa shape index (κ2) is 7.93. The van der Waals surface area contributed by atoms with E-state index in [0.29, 0.717) is 5.92 Å². The second-order valence-corrected chi connectivity index (χ2v) is 5.34. The number of hydrogen-bond donors (Lipinski definition) is 2. The molecule has 1 rings (SSSR count). The molecule has 102 valence electrons. The van der Waals surface area contributed by atoms with Gasteiger partial charge in [-0.15, -0.1) is 12.4 Å². The van der Waals surface area contributed by atoms with E-state index in [1.165, 1.54) is 32.1 Å². The van der Waals surface area contributed by atoms with Gasteiger partial charge in [-0.05, 0) is 25.7 Å². The fourth-order valence-corrected chi connectivity index (χ4v) is 2.56. The minimum atomic E-state index is -0.402. The molecule has 1 amide bonds. The number of amides is 1. The lowest BCUT2D eigenvalue weighted by Crippen LogP contribution is -2.46. The predicted molar refractivity (Wildman–Crippen MR) is 74.2 cm³/mol. The summed E-state index contributed by atoms with van der Waals surface area (Å²) in [5, 5.41) is 3.01. The molecule has 0 aromatic carbocycles. The molecule has 3 N–H and O–H groups in total. The summed E-state index contributed by atoms with van der Waals surface area (Å²) in [6, 6.07) is -0.164. The lowest BCUT2D eigenvalue weighted by molar-refractivity contribution is -0.123. The van der Waals surface area contributed by atoms with Crippen molar-refractivity contribution in [2.24, 2.45) is 17.6 Å². The topological polar surface area (TPSA) is 55.1 Å². The van der Waals surface area contributed by atoms with Crippen LogP contribution in [0.1, 0.15) is 52.9 Å². The average Bonchev–Trinajstić information content (AvgIpc) is 2.28. The molecule has 2 unspecified atom stereocenters. The van der Waals surface area contributed by atoms with E-state index in [0.717, 1.165) is 5.92 Å². The summed E-state index contributed by atoms with van der Waals surface area (Å²) >= 11 is 0. The molecule has 1 aliphatic rings. The summed E-state index contributed by atoms with van der Waals surface area (Å²) < 4.78 is 0. The molecule has 3 atom stereocenters. The monoisotopic (exact) mass is 262 g/mol. The zero-order chi connectivity index (χ0) is 12.1. The molecule has 1 saturated carbocycles. The van der Waals surface area contributed by atoms with Crippen LogP contribution in [0.5, 0.6) is 0 Å². The van der Waals surface area contributed by atoms with E-state index in [1.807, 2.05) is 0 Å². The Labute approximate surface area is 111 Å². The lowest BCUT2D eigenvalue weighted by atomic mass is 9.78. The van der Waals surface area contributed by atoms with Gasteiger partial charge in [-0.3, -0.25) is 4.79 Å². The molecule has 3 nitrogen and oxygen atoms in total. The van der Waals surface area contributed by atoms with E-state index in [1.54, 1.807) is 6.92 Å². The first-order chi connectivity index (χ1) is 7.52. The summed E-state index contributed by atoms with van der Waals surface area (Å²) in [5.74, 6) is 1.30. The van der Waals surface area contributed by atoms with Gasteiger partial charge in [0.1, 0.15) is 0 Å². The first-order valence-corrected chi connectivity index (χ1v) is 6.58. The molecule has 4 heteroatoms. The first-order valence-electron chi connectivity index (χ1n) is 6.58. The zero-order valence-electron chi connectivity index (χ0n) is 11.2. The van der Waals surface area contributed by atoms with E-state index < -0.39 is 6.04 Å². The Hall–Kier alpha value is -0.280. The Balaban J connectivity index is 0.00000256. The fraction of sp³-hybridized carbons (Fsp3) is 0.923. The van der Waals surface area contributed by atoms with Gasteiger partial charge in [0.2, 0.25) is 5.91 Å². The van der Waals surface area contributed by atoms with Crippen molar-refractivity contribution in [3.05, 3.63) is 0 Å². The van der Waals surface area contributed by atoms with Crippen LogP contribution in [-0.2, 0) is 4.79 Å². The summed E-state index contributed by atoms with van der Waals surface area (Å²) in [6.07, 6.45) is 6.72. The Morgan fingerprint density at radius 3 is 2.18 bits per heavy atom. The molecule has 0 bridgehead atoms. The highest BCUT2D eigenvalue weighted by molar-refractivity contribution is 5.85. The van der Waals surface area contributed by atoms with Crippen molar-refractivity contribution in [2.75, 3.05) is 0 Å². The van der Waals surface area contributed by atoms with Crippen molar-refractivity contribution in [2.45, 2.75) is 65.0 Å². The smallest absolute Gasteiger partial charge is 0.236 e. The van der Waals surface area contributed by atoms with Crippen LogP contribution in [0.25, 0.3) is 0 Å². The number of hydrogen-bond acceptors (Lipinski definition) is 2. The number of nitrogens with one attached hydrogen (secondary N) is 1. The number of nitrogens with two attached hydrogens (primary N) is 1. The highest BCUT2D eigenvalue weighted by atomic mass is 35.5. The molecule has 1 aliphatic carbocycles. The third kappa shape index (κ3) is 5.26. The molecule has 17 heavy (non-hydrogen) atoms. The van der Waals surface area contributed by atoms with Gasteiger partial charge in [0, 0.05) is 6.04 Å². The maximum Gasteiger partial charge on any atom is 0.236 e. The minimum Gasteiger partial charge on any atom is -0.352 e. The van der Waals surface area contributed by atoms with E-state index in [2.05, 4.69) is 19.2 Å². The van der Waals surface area contributed by atoms with Gasteiger partial charge in [0.05, 0.1) is 6.04 Å². The SMILES string of the molecule is CC(NC(=O)[C@@H](C)N)C(C)C1CCCCC1.Cl. The minimum absolute atomic E-state index is 0. The van der Waals surface area contributed by atoms with Gasteiger partial charge >= 0.3 is 0 Å². The average molecular weight is 263 g/mol. The van der Waals surface area contributed by atoms with Crippen LogP contribution in [0.3, 0.4) is 0 Å². The van der Waals surface area contributed by atoms with Crippen LogP contribution < -0.4 is 11.1 Å². The summed E-state index contributed by atoms with van der Waals surface area (Å²) in [4.78, 5) is 11.5. The highest BCUT2D eigenvalue weighted by Gasteiger charge is 2.25. The zero-order valence-corrected chi connectivity index (χ0v) is 12.1. The molecular formula is C13H27ClN2O. The normalized spacial score (nSPS) is 22.1. The first kappa shape index (κ1) is 16.7. The molecule has 0 heterocycles. The third-order valence-corrected chi connectivity index (χ3v) is 3.97. The van der Waals surface area contributed by atoms with Crippen molar-refractivity contribution < 1.29 is 4.79 Å². The van der Waals surface area contributed by atoms with Gasteiger partial charge in [0.25, 0.3) is 0 Å². The lowest BCUT2D eigenvalue weighted by Gasteiger charge is -2.32. The van der Waals surface area contributed by atoms with E-state index in [-0.39, 0.29) is 24.4 Å². The number of rotatable bonds is 4. The van der Waals surface area contributed by atoms with Crippen LogP contribution in [0.4, 0.5) is 0 Å². The highest BCUT2D eigenvalue weighted by Crippen LogP contribution is 2.31. The predicted octanol–water partition coefficient (Wildman–Crippen LogP) is 2.48. The number of halogens is 1. The van der Waals surface area contributed by atoms with E-state index in [4.69, 9.17) is 5.73 Å². The van der Waals surface area contributed by atoms with Crippen LogP contribution in [-0.4, -0.2) is 18.0 Å². The second-order valence-electron chi connectivity index (χ2n) is 5.34. The third-order valence-electron chi connectivity index (χ3n) is 3.97. The summed E-state index contributed by atoms with van der Waals surface area (Å²) in [6.45, 7) is 6.08. The Morgan fingerprint density at radius 1 is 1.18 bits per heavy atom. The van der Waals surface area contributed by atoms with Gasteiger partial charge < -0.3 is 11.1 Å². The van der Waals surface area contributed by atoms with Crippen molar-refractivity contribution in [3.63, 3.8) is 0 Å². The molecule has 0 aromatic rings. The molecule has 0 aromatic heterocycles. The molecule has 1 fully saturated rings. The Bertz CT molecular complexity index is 227. The van der Waals surface area contributed by atoms with Crippen molar-refractivity contribution in [1.29, 1.82) is 0 Å². The maximum atomic E-state index is 11.5. The van der Waals surface area contributed by atoms with Gasteiger partial charge in [0.15, 0.2) is 0 Å². The van der Waals surface area contributed by atoms with Crippen molar-refractivity contribution in [1.82, 2.24) is 5.32 Å². The number of carbonyl (C=O) groups excluding carboxylic acids is 1. The van der Waals surface area contributed by atoms with Gasteiger partial charge in [-0.2, -0.15) is 0 Å². The molecule has 0 spiro atoms. The molecule has 0 saturated heterocycles. The maximum absolute atomic E-state index is 11.5. The molecule has 0 radical (unpaired) electrons. The van der Waals surface area contributed by atoms with Crippen LogP contribution >= 0.6 is 12.4 Å². The quantitative estimate of drug-likeness (QED) is 0.818. The Kier molecular flexibility index (Phi) is 7.80. The molecule has 0 aliphatic heterocycles. The Morgan fingerprint density at radius 2 is 1.71 bits per heavy atom. The summed E-state index contributed by atoms with van der Waals surface area (Å²) in [7, 11) is 0. The van der Waals surface area contributed by atoms with Gasteiger partial charge in [-0.1, -0.05) is 39.0 Å². The van der Waals surface area contributed by atoms with E-state index >= 15 is 0 Å².